The highest BCUT2D eigenvalue weighted by Gasteiger charge is 2.14. The molecular weight excluding hydrogens is 296 g/mol. The van der Waals surface area contributed by atoms with E-state index in [1.54, 1.807) is 18.2 Å². The van der Waals surface area contributed by atoms with Crippen LogP contribution in [0.4, 0.5) is 10.5 Å². The lowest BCUT2D eigenvalue weighted by Crippen LogP contribution is -2.34. The maximum Gasteiger partial charge on any atom is 0.319 e. The summed E-state index contributed by atoms with van der Waals surface area (Å²) in [5.74, 6) is 1.14. The Labute approximate surface area is 135 Å². The maximum atomic E-state index is 12.1. The molecule has 0 aromatic heterocycles. The third kappa shape index (κ3) is 4.62. The number of methoxy groups -OCH3 is 2. The van der Waals surface area contributed by atoms with Crippen molar-refractivity contribution in [1.82, 2.24) is 5.32 Å². The number of benzene rings is 2. The Morgan fingerprint density at radius 3 is 2.22 bits per heavy atom. The van der Waals surface area contributed by atoms with Crippen LogP contribution in [0.25, 0.3) is 0 Å². The zero-order chi connectivity index (χ0) is 16.7. The first-order valence-corrected chi connectivity index (χ1v) is 7.12. The number of hydrogen-bond acceptors (Lipinski definition) is 4. The fraction of sp³-hybridized carbons (Fsp3) is 0.235. The van der Waals surface area contributed by atoms with Crippen LogP contribution >= 0.6 is 0 Å². The van der Waals surface area contributed by atoms with Gasteiger partial charge in [-0.2, -0.15) is 0 Å². The quantitative estimate of drug-likeness (QED) is 0.765. The van der Waals surface area contributed by atoms with E-state index in [1.165, 1.54) is 14.2 Å². The van der Waals surface area contributed by atoms with Gasteiger partial charge in [0.25, 0.3) is 0 Å². The first-order chi connectivity index (χ1) is 11.2. The normalized spacial score (nSPS) is 11.4. The van der Waals surface area contributed by atoms with Gasteiger partial charge in [0.05, 0.1) is 26.9 Å². The summed E-state index contributed by atoms with van der Waals surface area (Å²) >= 11 is 0. The Bertz CT molecular complexity index is 624. The smallest absolute Gasteiger partial charge is 0.319 e. The van der Waals surface area contributed by atoms with Gasteiger partial charge < -0.3 is 25.2 Å². The molecule has 3 N–H and O–H groups in total. The van der Waals surface area contributed by atoms with Crippen LogP contribution in [-0.4, -0.2) is 32.0 Å². The molecule has 122 valence electrons. The van der Waals surface area contributed by atoms with E-state index >= 15 is 0 Å². The van der Waals surface area contributed by atoms with Crippen LogP contribution in [-0.2, 0) is 0 Å². The number of aliphatic hydroxyl groups is 1. The van der Waals surface area contributed by atoms with E-state index in [4.69, 9.17) is 9.47 Å². The van der Waals surface area contributed by atoms with E-state index in [9.17, 15) is 9.90 Å². The molecule has 2 amide bonds. The van der Waals surface area contributed by atoms with Crippen molar-refractivity contribution >= 4 is 11.7 Å². The molecule has 0 saturated heterocycles. The maximum absolute atomic E-state index is 12.1. The molecule has 2 aromatic carbocycles. The molecule has 23 heavy (non-hydrogen) atoms. The van der Waals surface area contributed by atoms with Crippen LogP contribution in [0.3, 0.4) is 0 Å². The van der Waals surface area contributed by atoms with Gasteiger partial charge in [0.2, 0.25) is 0 Å². The number of ether oxygens (including phenoxy) is 2. The van der Waals surface area contributed by atoms with Crippen LogP contribution < -0.4 is 20.1 Å². The number of nitrogens with one attached hydrogen (secondary N) is 2. The highest BCUT2D eigenvalue weighted by Crippen LogP contribution is 2.25. The minimum absolute atomic E-state index is 0.196. The van der Waals surface area contributed by atoms with Crippen molar-refractivity contribution in [2.24, 2.45) is 0 Å². The SMILES string of the molecule is COc1cc(NC(=O)N[C@H](CO)c2ccccc2)cc(OC)c1. The van der Waals surface area contributed by atoms with Gasteiger partial charge in [0, 0.05) is 23.9 Å². The molecule has 0 radical (unpaired) electrons. The van der Waals surface area contributed by atoms with E-state index in [2.05, 4.69) is 10.6 Å². The summed E-state index contributed by atoms with van der Waals surface area (Å²) in [6.07, 6.45) is 0. The van der Waals surface area contributed by atoms with Crippen molar-refractivity contribution < 1.29 is 19.4 Å². The summed E-state index contributed by atoms with van der Waals surface area (Å²) in [4.78, 5) is 12.1. The molecule has 1 atom stereocenters. The Kier molecular flexibility index (Phi) is 5.82. The largest absolute Gasteiger partial charge is 0.497 e. The average Bonchev–Trinajstić information content (AvgIpc) is 2.59. The molecule has 2 aromatic rings. The van der Waals surface area contributed by atoms with Crippen molar-refractivity contribution in [3.05, 3.63) is 54.1 Å². The molecule has 0 heterocycles. The van der Waals surface area contributed by atoms with Gasteiger partial charge in [-0.3, -0.25) is 0 Å². The van der Waals surface area contributed by atoms with Gasteiger partial charge >= 0.3 is 6.03 Å². The van der Waals surface area contributed by atoms with Gasteiger partial charge in [-0.15, -0.1) is 0 Å². The van der Waals surface area contributed by atoms with Gasteiger partial charge in [-0.05, 0) is 5.56 Å². The predicted octanol–water partition coefficient (Wildman–Crippen LogP) is 2.56. The van der Waals surface area contributed by atoms with Gasteiger partial charge in [-0.25, -0.2) is 4.79 Å². The topological polar surface area (TPSA) is 79.8 Å². The fourth-order valence-corrected chi connectivity index (χ4v) is 2.12. The molecule has 0 bridgehead atoms. The number of urea groups is 1. The predicted molar refractivity (Wildman–Crippen MR) is 88.0 cm³/mol. The molecule has 0 aliphatic carbocycles. The Morgan fingerprint density at radius 2 is 1.70 bits per heavy atom. The molecule has 6 heteroatoms. The van der Waals surface area contributed by atoms with Crippen molar-refractivity contribution in [3.63, 3.8) is 0 Å². The van der Waals surface area contributed by atoms with E-state index in [-0.39, 0.29) is 6.61 Å². The second-order valence-corrected chi connectivity index (χ2v) is 4.85. The summed E-state index contributed by atoms with van der Waals surface area (Å²) in [7, 11) is 3.08. The van der Waals surface area contributed by atoms with E-state index < -0.39 is 12.1 Å². The minimum Gasteiger partial charge on any atom is -0.497 e. The summed E-state index contributed by atoms with van der Waals surface area (Å²) < 4.78 is 10.3. The number of hydrogen-bond donors (Lipinski definition) is 3. The number of rotatable bonds is 6. The second-order valence-electron chi connectivity index (χ2n) is 4.85. The third-order valence-corrected chi connectivity index (χ3v) is 3.30. The summed E-state index contributed by atoms with van der Waals surface area (Å²) in [5.41, 5.74) is 1.36. The lowest BCUT2D eigenvalue weighted by atomic mass is 10.1. The fourth-order valence-electron chi connectivity index (χ4n) is 2.12. The van der Waals surface area contributed by atoms with E-state index in [1.807, 2.05) is 30.3 Å². The lowest BCUT2D eigenvalue weighted by Gasteiger charge is -2.17. The summed E-state index contributed by atoms with van der Waals surface area (Å²) in [6.45, 7) is -0.196. The van der Waals surface area contributed by atoms with Crippen LogP contribution in [0.5, 0.6) is 11.5 Å². The Balaban J connectivity index is 2.06. The Morgan fingerprint density at radius 1 is 1.09 bits per heavy atom. The van der Waals surface area contributed by atoms with Crippen molar-refractivity contribution in [2.45, 2.75) is 6.04 Å². The lowest BCUT2D eigenvalue weighted by molar-refractivity contribution is 0.225. The van der Waals surface area contributed by atoms with Crippen LogP contribution in [0.2, 0.25) is 0 Å². The molecule has 0 saturated carbocycles. The van der Waals surface area contributed by atoms with Gasteiger partial charge in [-0.1, -0.05) is 30.3 Å². The number of anilines is 1. The highest BCUT2D eigenvalue weighted by atomic mass is 16.5. The molecule has 0 fully saturated rings. The molecule has 2 rings (SSSR count). The number of aliphatic hydroxyl groups excluding tert-OH is 1. The first kappa shape index (κ1) is 16.6. The van der Waals surface area contributed by atoms with Crippen molar-refractivity contribution in [3.8, 4) is 11.5 Å². The van der Waals surface area contributed by atoms with Crippen LogP contribution in [0.15, 0.2) is 48.5 Å². The zero-order valence-electron chi connectivity index (χ0n) is 13.1. The summed E-state index contributed by atoms with van der Waals surface area (Å²) in [5, 5.41) is 14.9. The first-order valence-electron chi connectivity index (χ1n) is 7.12. The Hall–Kier alpha value is -2.73. The van der Waals surface area contributed by atoms with Gasteiger partial charge in [0.1, 0.15) is 11.5 Å². The third-order valence-electron chi connectivity index (χ3n) is 3.30. The standard InChI is InChI=1S/C17H20N2O4/c1-22-14-8-13(9-15(10-14)23-2)18-17(21)19-16(11-20)12-6-4-3-5-7-12/h3-10,16,20H,11H2,1-2H3,(H2,18,19,21)/t16-/m1/s1. The van der Waals surface area contributed by atoms with Crippen molar-refractivity contribution in [1.29, 1.82) is 0 Å². The number of carbonyl (C=O) groups excluding carboxylic acids is 1. The second kappa shape index (κ2) is 8.05. The van der Waals surface area contributed by atoms with Crippen LogP contribution in [0, 0.1) is 0 Å². The van der Waals surface area contributed by atoms with E-state index in [0.717, 1.165) is 5.56 Å². The average molecular weight is 316 g/mol. The number of amides is 2. The molecule has 0 unspecified atom stereocenters. The monoisotopic (exact) mass is 316 g/mol. The van der Waals surface area contributed by atoms with E-state index in [0.29, 0.717) is 17.2 Å². The molecule has 6 nitrogen and oxygen atoms in total. The number of carbonyl (C=O) groups is 1. The minimum atomic E-state index is -0.483. The van der Waals surface area contributed by atoms with Gasteiger partial charge in [0.15, 0.2) is 0 Å². The highest BCUT2D eigenvalue weighted by molar-refractivity contribution is 5.90. The molecular formula is C17H20N2O4. The summed E-state index contributed by atoms with van der Waals surface area (Å²) in [6, 6.07) is 13.4. The van der Waals surface area contributed by atoms with Crippen molar-refractivity contribution in [2.75, 3.05) is 26.1 Å². The molecule has 0 aliphatic heterocycles. The van der Waals surface area contributed by atoms with Crippen LogP contribution in [0.1, 0.15) is 11.6 Å². The molecule has 0 aliphatic rings. The zero-order valence-corrected chi connectivity index (χ0v) is 13.1. The molecule has 0 spiro atoms.